The van der Waals surface area contributed by atoms with Crippen LogP contribution in [0.4, 0.5) is 0 Å². The van der Waals surface area contributed by atoms with Crippen LogP contribution in [0.25, 0.3) is 0 Å². The maximum atomic E-state index is 12.7. The summed E-state index contributed by atoms with van der Waals surface area (Å²) in [6, 6.07) is 13.2. The standard InChI is InChI=1S/C21H27ClN4O2/c1-26(2)9-10-28-20-11-15(7-8-18(20)17-13-24-25-14-17)21(27)23-12-16-5-3-4-6-19(16)22/h3-8,11,17,24-25H,9-10,12-14H2,1-2H3,(H,23,27). The minimum Gasteiger partial charge on any atom is -0.492 e. The van der Waals surface area contributed by atoms with E-state index in [4.69, 9.17) is 16.3 Å². The second kappa shape index (κ2) is 9.89. The smallest absolute Gasteiger partial charge is 0.251 e. The number of carbonyl (C=O) groups excluding carboxylic acids is 1. The predicted molar refractivity (Wildman–Crippen MR) is 112 cm³/mol. The Bertz CT molecular complexity index is 807. The molecule has 0 radical (unpaired) electrons. The van der Waals surface area contributed by atoms with Crippen LogP contribution in [0.5, 0.6) is 5.75 Å². The first-order chi connectivity index (χ1) is 13.5. The number of hydrazine groups is 1. The molecule has 3 N–H and O–H groups in total. The van der Waals surface area contributed by atoms with Gasteiger partial charge in [-0.25, -0.2) is 0 Å². The molecule has 7 heteroatoms. The summed E-state index contributed by atoms with van der Waals surface area (Å²) in [6.45, 7) is 3.43. The van der Waals surface area contributed by atoms with Gasteiger partial charge in [-0.05, 0) is 43.4 Å². The minimum absolute atomic E-state index is 0.147. The van der Waals surface area contributed by atoms with E-state index in [1.54, 1.807) is 0 Å². The molecule has 6 nitrogen and oxygen atoms in total. The molecule has 2 aromatic rings. The van der Waals surface area contributed by atoms with Crippen LogP contribution < -0.4 is 20.9 Å². The topological polar surface area (TPSA) is 65.6 Å². The number of rotatable bonds is 8. The van der Waals surface area contributed by atoms with Crippen molar-refractivity contribution in [2.45, 2.75) is 12.5 Å². The van der Waals surface area contributed by atoms with Gasteiger partial charge in [0.2, 0.25) is 0 Å². The van der Waals surface area contributed by atoms with Crippen LogP contribution in [-0.2, 0) is 6.54 Å². The lowest BCUT2D eigenvalue weighted by atomic mass is 9.97. The normalized spacial score (nSPS) is 14.4. The number of carbonyl (C=O) groups is 1. The molecule has 1 aliphatic rings. The number of benzene rings is 2. The van der Waals surface area contributed by atoms with Crippen LogP contribution in [-0.4, -0.2) is 51.1 Å². The van der Waals surface area contributed by atoms with E-state index in [9.17, 15) is 4.79 Å². The second-order valence-electron chi connectivity index (χ2n) is 7.14. The Morgan fingerprint density at radius 2 is 1.96 bits per heavy atom. The van der Waals surface area contributed by atoms with Crippen LogP contribution in [0.2, 0.25) is 5.02 Å². The van der Waals surface area contributed by atoms with E-state index in [1.807, 2.05) is 56.6 Å². The largest absolute Gasteiger partial charge is 0.492 e. The predicted octanol–water partition coefficient (Wildman–Crippen LogP) is 2.40. The van der Waals surface area contributed by atoms with Crippen molar-refractivity contribution in [3.05, 3.63) is 64.2 Å². The Labute approximate surface area is 171 Å². The van der Waals surface area contributed by atoms with Crippen LogP contribution >= 0.6 is 11.6 Å². The SMILES string of the molecule is CN(C)CCOc1cc(C(=O)NCc2ccccc2Cl)ccc1C1CNNC1. The summed E-state index contributed by atoms with van der Waals surface area (Å²) in [5.74, 6) is 0.934. The molecule has 150 valence electrons. The summed E-state index contributed by atoms with van der Waals surface area (Å²) in [4.78, 5) is 14.7. The zero-order valence-electron chi connectivity index (χ0n) is 16.3. The van der Waals surface area contributed by atoms with Gasteiger partial charge < -0.3 is 15.0 Å². The summed E-state index contributed by atoms with van der Waals surface area (Å²) >= 11 is 6.17. The average Bonchev–Trinajstić information content (AvgIpc) is 3.21. The first kappa shape index (κ1) is 20.6. The van der Waals surface area contributed by atoms with Crippen LogP contribution in [0.3, 0.4) is 0 Å². The van der Waals surface area contributed by atoms with Gasteiger partial charge in [0.15, 0.2) is 0 Å². The fraction of sp³-hybridized carbons (Fsp3) is 0.381. The van der Waals surface area contributed by atoms with Crippen molar-refractivity contribution in [1.82, 2.24) is 21.1 Å². The molecule has 28 heavy (non-hydrogen) atoms. The highest BCUT2D eigenvalue weighted by atomic mass is 35.5. The number of ether oxygens (including phenoxy) is 1. The maximum absolute atomic E-state index is 12.7. The molecular formula is C21H27ClN4O2. The number of halogens is 1. The number of amides is 1. The lowest BCUT2D eigenvalue weighted by molar-refractivity contribution is 0.0950. The molecule has 2 aromatic carbocycles. The van der Waals surface area contributed by atoms with Crippen molar-refractivity contribution in [2.24, 2.45) is 0 Å². The van der Waals surface area contributed by atoms with E-state index in [-0.39, 0.29) is 5.91 Å². The van der Waals surface area contributed by atoms with Crippen molar-refractivity contribution in [3.8, 4) is 5.75 Å². The van der Waals surface area contributed by atoms with Crippen molar-refractivity contribution in [1.29, 1.82) is 0 Å². The lowest BCUT2D eigenvalue weighted by Gasteiger charge is -2.18. The molecule has 0 saturated carbocycles. The zero-order chi connectivity index (χ0) is 19.9. The van der Waals surface area contributed by atoms with E-state index in [1.165, 1.54) is 0 Å². The van der Waals surface area contributed by atoms with Crippen LogP contribution in [0.15, 0.2) is 42.5 Å². The fourth-order valence-corrected chi connectivity index (χ4v) is 3.28. The average molecular weight is 403 g/mol. The molecule has 3 rings (SSSR count). The van der Waals surface area contributed by atoms with Gasteiger partial charge in [0, 0.05) is 42.7 Å². The van der Waals surface area contributed by atoms with E-state index < -0.39 is 0 Å². The third kappa shape index (κ3) is 5.45. The molecule has 0 spiro atoms. The van der Waals surface area contributed by atoms with E-state index >= 15 is 0 Å². The van der Waals surface area contributed by atoms with E-state index in [0.29, 0.717) is 29.7 Å². The van der Waals surface area contributed by atoms with E-state index in [2.05, 4.69) is 21.1 Å². The summed E-state index contributed by atoms with van der Waals surface area (Å²) in [6.07, 6.45) is 0. The molecule has 0 unspecified atom stereocenters. The Balaban J connectivity index is 1.72. The Morgan fingerprint density at radius 3 is 2.68 bits per heavy atom. The van der Waals surface area contributed by atoms with Gasteiger partial charge in [-0.1, -0.05) is 35.9 Å². The quantitative estimate of drug-likeness (QED) is 0.632. The van der Waals surface area contributed by atoms with Gasteiger partial charge in [0.25, 0.3) is 5.91 Å². The molecule has 1 amide bonds. The first-order valence-corrected chi connectivity index (χ1v) is 9.81. The molecule has 0 bridgehead atoms. The molecule has 0 atom stereocenters. The zero-order valence-corrected chi connectivity index (χ0v) is 17.1. The number of nitrogens with one attached hydrogen (secondary N) is 3. The van der Waals surface area contributed by atoms with Crippen molar-refractivity contribution < 1.29 is 9.53 Å². The molecular weight excluding hydrogens is 376 g/mol. The highest BCUT2D eigenvalue weighted by Gasteiger charge is 2.21. The Kier molecular flexibility index (Phi) is 7.28. The van der Waals surface area contributed by atoms with Gasteiger partial charge in [0.1, 0.15) is 12.4 Å². The van der Waals surface area contributed by atoms with Gasteiger partial charge in [0.05, 0.1) is 0 Å². The maximum Gasteiger partial charge on any atom is 0.251 e. The molecule has 0 aromatic heterocycles. The van der Waals surface area contributed by atoms with Crippen molar-refractivity contribution >= 4 is 17.5 Å². The molecule has 0 aliphatic carbocycles. The minimum atomic E-state index is -0.147. The summed E-state index contributed by atoms with van der Waals surface area (Å²) in [7, 11) is 4.02. The number of likely N-dealkylation sites (N-methyl/N-ethyl adjacent to an activating group) is 1. The number of hydrogen-bond donors (Lipinski definition) is 3. The summed E-state index contributed by atoms with van der Waals surface area (Å²) in [5, 5.41) is 3.58. The third-order valence-corrected chi connectivity index (χ3v) is 5.10. The van der Waals surface area contributed by atoms with Crippen molar-refractivity contribution in [3.63, 3.8) is 0 Å². The fourth-order valence-electron chi connectivity index (χ4n) is 3.08. The number of hydrogen-bond acceptors (Lipinski definition) is 5. The molecule has 1 heterocycles. The highest BCUT2D eigenvalue weighted by molar-refractivity contribution is 6.31. The molecule has 1 fully saturated rings. The third-order valence-electron chi connectivity index (χ3n) is 4.73. The number of nitrogens with zero attached hydrogens (tertiary/aromatic N) is 1. The Hall–Kier alpha value is -2.12. The monoisotopic (exact) mass is 402 g/mol. The van der Waals surface area contributed by atoms with E-state index in [0.717, 1.165) is 36.5 Å². The van der Waals surface area contributed by atoms with Gasteiger partial charge in [-0.15, -0.1) is 0 Å². The molecule has 1 aliphatic heterocycles. The lowest BCUT2D eigenvalue weighted by Crippen LogP contribution is -2.24. The summed E-state index contributed by atoms with van der Waals surface area (Å²) < 4.78 is 6.03. The van der Waals surface area contributed by atoms with Crippen molar-refractivity contribution in [2.75, 3.05) is 40.3 Å². The second-order valence-corrected chi connectivity index (χ2v) is 7.54. The van der Waals surface area contributed by atoms with Gasteiger partial charge in [-0.2, -0.15) is 0 Å². The summed E-state index contributed by atoms with van der Waals surface area (Å²) in [5.41, 5.74) is 8.87. The van der Waals surface area contributed by atoms with Crippen LogP contribution in [0, 0.1) is 0 Å². The van der Waals surface area contributed by atoms with Gasteiger partial charge in [-0.3, -0.25) is 15.6 Å². The Morgan fingerprint density at radius 1 is 1.21 bits per heavy atom. The molecule has 1 saturated heterocycles. The van der Waals surface area contributed by atoms with Gasteiger partial charge >= 0.3 is 0 Å². The first-order valence-electron chi connectivity index (χ1n) is 9.43. The van der Waals surface area contributed by atoms with Crippen LogP contribution in [0.1, 0.15) is 27.4 Å². The highest BCUT2D eigenvalue weighted by Crippen LogP contribution is 2.29.